The summed E-state index contributed by atoms with van der Waals surface area (Å²) in [6.45, 7) is 1.60. The first-order valence-corrected chi connectivity index (χ1v) is 9.97. The number of aromatic nitrogens is 2. The number of amides is 1. The fraction of sp³-hybridized carbons (Fsp3) is 0.222. The Bertz CT molecular complexity index is 1090. The molecule has 8 heteroatoms. The average Bonchev–Trinajstić information content (AvgIpc) is 2.86. The molecule has 0 saturated carbocycles. The van der Waals surface area contributed by atoms with Crippen molar-refractivity contribution in [2.75, 3.05) is 11.6 Å². The van der Waals surface area contributed by atoms with E-state index >= 15 is 0 Å². The van der Waals surface area contributed by atoms with Crippen molar-refractivity contribution in [3.05, 3.63) is 59.7 Å². The minimum Gasteiger partial charge on any atom is -0.324 e. The van der Waals surface area contributed by atoms with Crippen LogP contribution in [0.5, 0.6) is 0 Å². The Morgan fingerprint density at radius 3 is 2.65 bits per heavy atom. The zero-order valence-electron chi connectivity index (χ0n) is 14.4. The summed E-state index contributed by atoms with van der Waals surface area (Å²) in [5.41, 5.74) is 2.41. The van der Waals surface area contributed by atoms with Gasteiger partial charge in [-0.2, -0.15) is 0 Å². The maximum absolute atomic E-state index is 13.2. The van der Waals surface area contributed by atoms with Gasteiger partial charge in [-0.15, -0.1) is 0 Å². The van der Waals surface area contributed by atoms with Gasteiger partial charge in [-0.3, -0.25) is 4.79 Å². The Labute approximate surface area is 150 Å². The van der Waals surface area contributed by atoms with E-state index in [0.717, 1.165) is 6.26 Å². The molecule has 0 aliphatic rings. The summed E-state index contributed by atoms with van der Waals surface area (Å²) >= 11 is 0. The standard InChI is InChI=1S/C18H18FN3O3S/c1-12-9-13(19)7-8-14(12)21-18(23)10-22-16-6-4-3-5-15(16)20-17(22)11-26(2,24)25/h3-9H,10-11H2,1-2H3,(H,21,23). The number of hydrogen-bond acceptors (Lipinski definition) is 4. The zero-order chi connectivity index (χ0) is 18.9. The molecule has 0 radical (unpaired) electrons. The number of imidazole rings is 1. The molecule has 0 unspecified atom stereocenters. The van der Waals surface area contributed by atoms with Crippen LogP contribution in [0.4, 0.5) is 10.1 Å². The Kier molecular flexibility index (Phi) is 4.78. The highest BCUT2D eigenvalue weighted by molar-refractivity contribution is 7.89. The lowest BCUT2D eigenvalue weighted by molar-refractivity contribution is -0.116. The van der Waals surface area contributed by atoms with Crippen LogP contribution in [0.15, 0.2) is 42.5 Å². The minimum atomic E-state index is -3.31. The van der Waals surface area contributed by atoms with Crippen LogP contribution in [0.3, 0.4) is 0 Å². The molecule has 136 valence electrons. The van der Waals surface area contributed by atoms with Gasteiger partial charge in [-0.05, 0) is 42.8 Å². The summed E-state index contributed by atoms with van der Waals surface area (Å²) in [4.78, 5) is 16.8. The molecule has 0 saturated heterocycles. The summed E-state index contributed by atoms with van der Waals surface area (Å²) in [5, 5.41) is 2.73. The molecule has 0 atom stereocenters. The fourth-order valence-electron chi connectivity index (χ4n) is 2.75. The smallest absolute Gasteiger partial charge is 0.244 e. The van der Waals surface area contributed by atoms with E-state index in [1.165, 1.54) is 18.2 Å². The van der Waals surface area contributed by atoms with Gasteiger partial charge in [0.25, 0.3) is 0 Å². The first-order chi connectivity index (χ1) is 12.2. The molecule has 3 rings (SSSR count). The number of benzene rings is 2. The molecule has 0 spiro atoms. The highest BCUT2D eigenvalue weighted by Gasteiger charge is 2.17. The van der Waals surface area contributed by atoms with Crippen LogP contribution in [-0.4, -0.2) is 30.1 Å². The van der Waals surface area contributed by atoms with Gasteiger partial charge < -0.3 is 9.88 Å². The molecule has 1 N–H and O–H groups in total. The first-order valence-electron chi connectivity index (χ1n) is 7.91. The van der Waals surface area contributed by atoms with Gasteiger partial charge in [0.2, 0.25) is 5.91 Å². The number of carbonyl (C=O) groups excluding carboxylic acids is 1. The third kappa shape index (κ3) is 4.08. The third-order valence-corrected chi connectivity index (χ3v) is 4.67. The van der Waals surface area contributed by atoms with Crippen molar-refractivity contribution in [1.82, 2.24) is 9.55 Å². The molecule has 2 aromatic carbocycles. The number of hydrogen-bond donors (Lipinski definition) is 1. The average molecular weight is 375 g/mol. The van der Waals surface area contributed by atoms with Crippen LogP contribution in [-0.2, 0) is 26.9 Å². The Morgan fingerprint density at radius 2 is 1.96 bits per heavy atom. The van der Waals surface area contributed by atoms with E-state index < -0.39 is 9.84 Å². The molecule has 0 aliphatic heterocycles. The lowest BCUT2D eigenvalue weighted by Gasteiger charge is -2.11. The monoisotopic (exact) mass is 375 g/mol. The number of nitrogens with zero attached hydrogens (tertiary/aromatic N) is 2. The fourth-order valence-corrected chi connectivity index (χ4v) is 3.44. The lowest BCUT2D eigenvalue weighted by Crippen LogP contribution is -2.21. The van der Waals surface area contributed by atoms with E-state index in [9.17, 15) is 17.6 Å². The van der Waals surface area contributed by atoms with Gasteiger partial charge in [0.05, 0.1) is 11.0 Å². The van der Waals surface area contributed by atoms with E-state index in [2.05, 4.69) is 10.3 Å². The third-order valence-electron chi connectivity index (χ3n) is 3.89. The van der Waals surface area contributed by atoms with E-state index in [-0.39, 0.29) is 24.0 Å². The van der Waals surface area contributed by atoms with Gasteiger partial charge in [0, 0.05) is 11.9 Å². The molecule has 26 heavy (non-hydrogen) atoms. The van der Waals surface area contributed by atoms with E-state index in [4.69, 9.17) is 0 Å². The molecule has 1 aromatic heterocycles. The Morgan fingerprint density at radius 1 is 1.23 bits per heavy atom. The second-order valence-corrected chi connectivity index (χ2v) is 8.32. The molecule has 0 bridgehead atoms. The lowest BCUT2D eigenvalue weighted by atomic mass is 10.2. The van der Waals surface area contributed by atoms with Crippen LogP contribution >= 0.6 is 0 Å². The van der Waals surface area contributed by atoms with Crippen molar-refractivity contribution >= 4 is 32.5 Å². The summed E-state index contributed by atoms with van der Waals surface area (Å²) in [7, 11) is -3.31. The zero-order valence-corrected chi connectivity index (χ0v) is 15.2. The highest BCUT2D eigenvalue weighted by Crippen LogP contribution is 2.19. The number of fused-ring (bicyclic) bond motifs is 1. The van der Waals surface area contributed by atoms with Crippen LogP contribution in [0.25, 0.3) is 11.0 Å². The first kappa shape index (κ1) is 18.1. The molecule has 1 heterocycles. The van der Waals surface area contributed by atoms with Crippen LogP contribution < -0.4 is 5.32 Å². The molecule has 0 fully saturated rings. The minimum absolute atomic E-state index is 0.0951. The van der Waals surface area contributed by atoms with Crippen molar-refractivity contribution in [2.45, 2.75) is 19.2 Å². The second-order valence-electron chi connectivity index (χ2n) is 6.18. The van der Waals surface area contributed by atoms with Gasteiger partial charge in [0.1, 0.15) is 23.9 Å². The van der Waals surface area contributed by atoms with E-state index in [1.54, 1.807) is 35.8 Å². The number of rotatable bonds is 5. The molecular weight excluding hydrogens is 357 g/mol. The molecular formula is C18H18FN3O3S. The van der Waals surface area contributed by atoms with E-state index in [1.807, 2.05) is 0 Å². The van der Waals surface area contributed by atoms with Crippen molar-refractivity contribution in [3.8, 4) is 0 Å². The van der Waals surface area contributed by atoms with Gasteiger partial charge in [-0.25, -0.2) is 17.8 Å². The summed E-state index contributed by atoms with van der Waals surface area (Å²) in [6.07, 6.45) is 1.12. The van der Waals surface area contributed by atoms with Gasteiger partial charge in [-0.1, -0.05) is 12.1 Å². The Hall–Kier alpha value is -2.74. The van der Waals surface area contributed by atoms with Crippen LogP contribution in [0, 0.1) is 12.7 Å². The maximum Gasteiger partial charge on any atom is 0.244 e. The molecule has 6 nitrogen and oxygen atoms in total. The molecule has 3 aromatic rings. The maximum atomic E-state index is 13.2. The van der Waals surface area contributed by atoms with E-state index in [0.29, 0.717) is 28.1 Å². The Balaban J connectivity index is 1.91. The highest BCUT2D eigenvalue weighted by atomic mass is 32.2. The predicted molar refractivity (Wildman–Crippen MR) is 98.0 cm³/mol. The topological polar surface area (TPSA) is 81.1 Å². The number of aryl methyl sites for hydroxylation is 1. The SMILES string of the molecule is Cc1cc(F)ccc1NC(=O)Cn1c(CS(C)(=O)=O)nc2ccccc21. The number of sulfone groups is 1. The summed E-state index contributed by atoms with van der Waals surface area (Å²) in [6, 6.07) is 11.2. The number of anilines is 1. The number of para-hydroxylation sites is 2. The van der Waals surface area contributed by atoms with Crippen molar-refractivity contribution in [1.29, 1.82) is 0 Å². The number of nitrogens with one attached hydrogen (secondary N) is 1. The summed E-state index contributed by atoms with van der Waals surface area (Å²) in [5.74, 6) is -0.682. The second kappa shape index (κ2) is 6.87. The van der Waals surface area contributed by atoms with Crippen molar-refractivity contribution in [3.63, 3.8) is 0 Å². The van der Waals surface area contributed by atoms with Gasteiger partial charge >= 0.3 is 0 Å². The largest absolute Gasteiger partial charge is 0.324 e. The normalized spacial score (nSPS) is 11.7. The summed E-state index contributed by atoms with van der Waals surface area (Å²) < 4.78 is 38.2. The van der Waals surface area contributed by atoms with Crippen molar-refractivity contribution < 1.29 is 17.6 Å². The van der Waals surface area contributed by atoms with Crippen molar-refractivity contribution in [2.24, 2.45) is 0 Å². The molecule has 1 amide bonds. The number of halogens is 1. The number of carbonyl (C=O) groups is 1. The molecule has 0 aliphatic carbocycles. The van der Waals surface area contributed by atoms with Crippen LogP contribution in [0.1, 0.15) is 11.4 Å². The predicted octanol–water partition coefficient (Wildman–Crippen LogP) is 2.67. The van der Waals surface area contributed by atoms with Gasteiger partial charge in [0.15, 0.2) is 9.84 Å². The quantitative estimate of drug-likeness (QED) is 0.743. The van der Waals surface area contributed by atoms with Crippen LogP contribution in [0.2, 0.25) is 0 Å².